The number of phosphoric ester groups is 1. The zero-order valence-corrected chi connectivity index (χ0v) is 31.0. The summed E-state index contributed by atoms with van der Waals surface area (Å²) in [6.45, 7) is 28.8. The van der Waals surface area contributed by atoms with Crippen molar-refractivity contribution in [3.05, 3.63) is 0 Å². The minimum atomic E-state index is -4.20. The van der Waals surface area contributed by atoms with Crippen LogP contribution in [0.1, 0.15) is 142 Å². The van der Waals surface area contributed by atoms with Gasteiger partial charge in [-0.25, -0.2) is 4.57 Å². The number of piperidine rings is 3. The summed E-state index contributed by atoms with van der Waals surface area (Å²) in [6, 6.07) is 0. The molecule has 0 radical (unpaired) electrons. The first kappa shape index (κ1) is 37.0. The number of hydrogen-bond donors (Lipinski definition) is 0. The van der Waals surface area contributed by atoms with Crippen LogP contribution in [0.25, 0.3) is 0 Å². The first-order valence-electron chi connectivity index (χ1n) is 16.1. The van der Waals surface area contributed by atoms with Crippen LogP contribution in [0.2, 0.25) is 0 Å². The van der Waals surface area contributed by atoms with Gasteiger partial charge in [-0.1, -0.05) is 0 Å². The van der Waals surface area contributed by atoms with Crippen LogP contribution in [0.4, 0.5) is 0 Å². The van der Waals surface area contributed by atoms with E-state index >= 15 is 4.57 Å². The van der Waals surface area contributed by atoms with Gasteiger partial charge in [0.25, 0.3) is 0 Å². The molecule has 44 heavy (non-hydrogen) atoms. The van der Waals surface area contributed by atoms with Crippen molar-refractivity contribution in [1.82, 2.24) is 14.7 Å². The molecule has 0 aromatic heterocycles. The van der Waals surface area contributed by atoms with Gasteiger partial charge in [-0.05, 0) is 122 Å². The van der Waals surface area contributed by atoms with Crippen LogP contribution in [0.15, 0.2) is 0 Å². The van der Waals surface area contributed by atoms with Crippen LogP contribution in [-0.4, -0.2) is 84.0 Å². The Labute approximate surface area is 266 Å². The standard InChI is InChI=1S/C33H60N3O7P/c1-22(37)34-28(4,5)16-25(17-29(34,6)7)41-44(40,42-26-18-30(8,9)35(23(2)38)31(10,11)19-26)43-27-20-32(12,13)36(24(3)39)33(14,15)21-27/h25-27H,16-21H2,1-15H3. The Morgan fingerprint density at radius 2 is 0.614 bits per heavy atom. The first-order chi connectivity index (χ1) is 19.6. The fourth-order valence-electron chi connectivity index (χ4n) is 9.97. The quantitative estimate of drug-likeness (QED) is 0.292. The zero-order valence-electron chi connectivity index (χ0n) is 30.1. The summed E-state index contributed by atoms with van der Waals surface area (Å²) in [5, 5.41) is 0. The van der Waals surface area contributed by atoms with Crippen molar-refractivity contribution in [1.29, 1.82) is 0 Å². The molecule has 0 aliphatic carbocycles. The van der Waals surface area contributed by atoms with E-state index in [-0.39, 0.29) is 17.7 Å². The topological polar surface area (TPSA) is 106 Å². The third-order valence-electron chi connectivity index (χ3n) is 9.77. The molecule has 3 heterocycles. The molecule has 3 rings (SSSR count). The molecule has 0 N–H and O–H groups in total. The van der Waals surface area contributed by atoms with E-state index in [9.17, 15) is 14.4 Å². The lowest BCUT2D eigenvalue weighted by Crippen LogP contribution is -2.64. The first-order valence-corrected chi connectivity index (χ1v) is 17.6. The van der Waals surface area contributed by atoms with Gasteiger partial charge in [0.15, 0.2) is 0 Å². The van der Waals surface area contributed by atoms with Crippen LogP contribution in [0, 0.1) is 0 Å². The molecule has 0 unspecified atom stereocenters. The second-order valence-electron chi connectivity index (χ2n) is 17.3. The lowest BCUT2D eigenvalue weighted by Gasteiger charge is -2.56. The molecule has 0 spiro atoms. The second-order valence-corrected chi connectivity index (χ2v) is 18.8. The summed E-state index contributed by atoms with van der Waals surface area (Å²) in [6.07, 6.45) is 1.32. The maximum absolute atomic E-state index is 15.0. The average molecular weight is 642 g/mol. The number of rotatable bonds is 6. The van der Waals surface area contributed by atoms with Crippen molar-refractivity contribution >= 4 is 25.5 Å². The van der Waals surface area contributed by atoms with Crippen molar-refractivity contribution < 1.29 is 32.5 Å². The van der Waals surface area contributed by atoms with Gasteiger partial charge >= 0.3 is 7.82 Å². The van der Waals surface area contributed by atoms with Crippen LogP contribution >= 0.6 is 7.82 Å². The Bertz CT molecular complexity index is 995. The van der Waals surface area contributed by atoms with Gasteiger partial charge in [0.1, 0.15) is 0 Å². The van der Waals surface area contributed by atoms with Gasteiger partial charge in [-0.2, -0.15) is 0 Å². The van der Waals surface area contributed by atoms with Crippen molar-refractivity contribution in [2.24, 2.45) is 0 Å². The Morgan fingerprint density at radius 1 is 0.455 bits per heavy atom. The highest BCUT2D eigenvalue weighted by Gasteiger charge is 2.54. The molecule has 3 aliphatic rings. The predicted octanol–water partition coefficient (Wildman–Crippen LogP) is 6.85. The van der Waals surface area contributed by atoms with E-state index in [2.05, 4.69) is 0 Å². The van der Waals surface area contributed by atoms with Gasteiger partial charge in [0, 0.05) is 54.0 Å². The highest BCUT2D eigenvalue weighted by Crippen LogP contribution is 2.59. The molecule has 0 aromatic carbocycles. The Balaban J connectivity index is 1.99. The maximum atomic E-state index is 15.0. The summed E-state index contributed by atoms with van der Waals surface area (Å²) in [5.41, 5.74) is -3.27. The predicted molar refractivity (Wildman–Crippen MR) is 172 cm³/mol. The number of likely N-dealkylation sites (tertiary alicyclic amines) is 3. The lowest BCUT2D eigenvalue weighted by atomic mass is 9.78. The fourth-order valence-corrected chi connectivity index (χ4v) is 11.7. The molecule has 0 bridgehead atoms. The van der Waals surface area contributed by atoms with E-state index < -0.39 is 59.4 Å². The van der Waals surface area contributed by atoms with Crippen LogP contribution in [0.3, 0.4) is 0 Å². The molecule has 11 heteroatoms. The SMILES string of the molecule is CC(=O)N1C(C)(C)CC(OP(=O)(OC2CC(C)(C)N(C(C)=O)C(C)(C)C2)OC2CC(C)(C)N(C(C)=O)C(C)(C)C2)CC1(C)C. The Morgan fingerprint density at radius 3 is 0.750 bits per heavy atom. The van der Waals surface area contributed by atoms with E-state index in [0.717, 1.165) is 0 Å². The molecule has 3 aliphatic heterocycles. The molecule has 0 aromatic rings. The maximum Gasteiger partial charge on any atom is 0.475 e. The van der Waals surface area contributed by atoms with Crippen molar-refractivity contribution in [2.75, 3.05) is 0 Å². The third-order valence-corrected chi connectivity index (χ3v) is 11.4. The summed E-state index contributed by atoms with van der Waals surface area (Å²) < 4.78 is 34.6. The largest absolute Gasteiger partial charge is 0.475 e. The molecular formula is C33H60N3O7P. The number of carbonyl (C=O) groups is 3. The highest BCUT2D eigenvalue weighted by molar-refractivity contribution is 7.48. The Hall–Kier alpha value is -1.48. The number of carbonyl (C=O) groups excluding carboxylic acids is 3. The summed E-state index contributed by atoms with van der Waals surface area (Å²) in [4.78, 5) is 43.7. The lowest BCUT2D eigenvalue weighted by molar-refractivity contribution is -0.155. The number of amides is 3. The summed E-state index contributed by atoms with van der Waals surface area (Å²) in [7, 11) is -4.20. The second kappa shape index (κ2) is 11.6. The molecule has 3 amide bonds. The van der Waals surface area contributed by atoms with Gasteiger partial charge < -0.3 is 14.7 Å². The van der Waals surface area contributed by atoms with E-state index in [1.165, 1.54) is 0 Å². The minimum absolute atomic E-state index is 0.0162. The van der Waals surface area contributed by atoms with Crippen molar-refractivity contribution in [2.45, 2.75) is 194 Å². The molecule has 254 valence electrons. The molecule has 0 atom stereocenters. The normalized spacial score (nSPS) is 26.8. The minimum Gasteiger partial charge on any atom is -0.333 e. The number of phosphoric acid groups is 1. The third kappa shape index (κ3) is 7.56. The molecule has 0 saturated carbocycles. The van der Waals surface area contributed by atoms with Gasteiger partial charge in [0.2, 0.25) is 17.7 Å². The van der Waals surface area contributed by atoms with Gasteiger partial charge in [0.05, 0.1) is 18.3 Å². The molecule has 10 nitrogen and oxygen atoms in total. The average Bonchev–Trinajstić information content (AvgIpc) is 2.65. The van der Waals surface area contributed by atoms with Gasteiger partial charge in [-0.15, -0.1) is 0 Å². The van der Waals surface area contributed by atoms with Crippen molar-refractivity contribution in [3.8, 4) is 0 Å². The molecule has 3 saturated heterocycles. The van der Waals surface area contributed by atoms with Crippen LogP contribution < -0.4 is 0 Å². The van der Waals surface area contributed by atoms with E-state index in [0.29, 0.717) is 38.5 Å². The van der Waals surface area contributed by atoms with E-state index in [1.807, 2.05) is 97.8 Å². The fraction of sp³-hybridized carbons (Fsp3) is 0.909. The smallest absolute Gasteiger partial charge is 0.333 e. The summed E-state index contributed by atoms with van der Waals surface area (Å²) >= 11 is 0. The highest BCUT2D eigenvalue weighted by atomic mass is 31.2. The van der Waals surface area contributed by atoms with Crippen LogP contribution in [-0.2, 0) is 32.5 Å². The zero-order chi connectivity index (χ0) is 34.1. The van der Waals surface area contributed by atoms with E-state index in [1.54, 1.807) is 20.8 Å². The summed E-state index contributed by atoms with van der Waals surface area (Å²) in [5.74, 6) is -0.0486. The van der Waals surface area contributed by atoms with Crippen LogP contribution in [0.5, 0.6) is 0 Å². The number of nitrogens with zero attached hydrogens (tertiary/aromatic N) is 3. The van der Waals surface area contributed by atoms with Crippen molar-refractivity contribution in [3.63, 3.8) is 0 Å². The monoisotopic (exact) mass is 641 g/mol. The Kier molecular flexibility index (Phi) is 9.79. The van der Waals surface area contributed by atoms with E-state index in [4.69, 9.17) is 13.6 Å². The number of hydrogen-bond acceptors (Lipinski definition) is 7. The molecular weight excluding hydrogens is 581 g/mol. The molecule has 3 fully saturated rings. The van der Waals surface area contributed by atoms with Gasteiger partial charge in [-0.3, -0.25) is 28.0 Å².